The summed E-state index contributed by atoms with van der Waals surface area (Å²) >= 11 is 0. The lowest BCUT2D eigenvalue weighted by Gasteiger charge is -2.31. The van der Waals surface area contributed by atoms with E-state index in [0.717, 1.165) is 13.0 Å². The van der Waals surface area contributed by atoms with Crippen molar-refractivity contribution in [3.05, 3.63) is 35.4 Å². The molecule has 2 heteroatoms. The van der Waals surface area contributed by atoms with Crippen LogP contribution in [-0.2, 0) is 13.0 Å². The molecule has 0 saturated carbocycles. The number of fused-ring (bicyclic) bond motifs is 1. The molecule has 0 fully saturated rings. The summed E-state index contributed by atoms with van der Waals surface area (Å²) in [6.45, 7) is 4.98. The third-order valence-corrected chi connectivity index (χ3v) is 2.53. The van der Waals surface area contributed by atoms with Crippen molar-refractivity contribution in [1.82, 2.24) is 4.90 Å². The first-order valence-electron chi connectivity index (χ1n) is 5.30. The van der Waals surface area contributed by atoms with Crippen LogP contribution in [0.4, 0.5) is 0 Å². The molecule has 1 aliphatic heterocycles. The zero-order chi connectivity index (χ0) is 10.6. The highest BCUT2D eigenvalue weighted by atomic mass is 15.2. The summed E-state index contributed by atoms with van der Waals surface area (Å²) in [6, 6.07) is 8.51. The number of benzene rings is 1. The van der Waals surface area contributed by atoms with Crippen molar-refractivity contribution < 1.29 is 0 Å². The molecule has 0 spiro atoms. The summed E-state index contributed by atoms with van der Waals surface area (Å²) < 4.78 is 0. The highest BCUT2D eigenvalue weighted by molar-refractivity contribution is 5.29. The maximum Gasteiger partial charge on any atom is 0.0613 e. The number of nitrogens with zero attached hydrogens (tertiary/aromatic N) is 1. The van der Waals surface area contributed by atoms with Crippen LogP contribution in [0, 0.1) is 0 Å². The Bertz CT molecular complexity index is 254. The van der Waals surface area contributed by atoms with E-state index >= 15 is 0 Å². The van der Waals surface area contributed by atoms with Gasteiger partial charge in [0.05, 0.1) is 6.17 Å². The summed E-state index contributed by atoms with van der Waals surface area (Å²) in [4.78, 5) is 2.18. The highest BCUT2D eigenvalue weighted by Gasteiger charge is 2.18. The van der Waals surface area contributed by atoms with Gasteiger partial charge in [-0.15, -0.1) is 0 Å². The summed E-state index contributed by atoms with van der Waals surface area (Å²) in [5.41, 5.74) is 8.74. The zero-order valence-corrected chi connectivity index (χ0v) is 9.33. The Morgan fingerprint density at radius 1 is 1.21 bits per heavy atom. The fourth-order valence-corrected chi connectivity index (χ4v) is 1.68. The molecule has 0 radical (unpaired) electrons. The minimum Gasteiger partial charge on any atom is -0.315 e. The molecule has 14 heavy (non-hydrogen) atoms. The van der Waals surface area contributed by atoms with Crippen LogP contribution in [0.25, 0.3) is 0 Å². The van der Waals surface area contributed by atoms with Crippen LogP contribution in [0.1, 0.15) is 25.0 Å². The molecular weight excluding hydrogens is 172 g/mol. The van der Waals surface area contributed by atoms with Gasteiger partial charge < -0.3 is 5.73 Å². The van der Waals surface area contributed by atoms with Crippen LogP contribution < -0.4 is 5.73 Å². The molecule has 1 aromatic rings. The quantitative estimate of drug-likeness (QED) is 0.681. The molecule has 2 nitrogen and oxygen atoms in total. The Balaban J connectivity index is 0.000000461. The zero-order valence-electron chi connectivity index (χ0n) is 9.33. The molecule has 78 valence electrons. The molecule has 0 amide bonds. The van der Waals surface area contributed by atoms with Crippen LogP contribution in [0.3, 0.4) is 0 Å². The van der Waals surface area contributed by atoms with E-state index in [1.807, 2.05) is 13.8 Å². The maximum absolute atomic E-state index is 5.92. The minimum absolute atomic E-state index is 0.194. The first-order chi connectivity index (χ1) is 6.77. The van der Waals surface area contributed by atoms with Crippen LogP contribution >= 0.6 is 0 Å². The van der Waals surface area contributed by atoms with Crippen LogP contribution in [0.15, 0.2) is 24.3 Å². The summed E-state index contributed by atoms with van der Waals surface area (Å²) in [6.07, 6.45) is 1.17. The standard InChI is InChI=1S/C10H14N2.C2H6/c1-12-7-9-5-3-2-4-8(9)6-10(12)11;1-2/h2-5,10H,6-7,11H2,1H3;1-2H3. The number of hydrogen-bond donors (Lipinski definition) is 1. The Hall–Kier alpha value is -0.860. The molecule has 1 heterocycles. The van der Waals surface area contributed by atoms with Crippen LogP contribution in [0.5, 0.6) is 0 Å². The first kappa shape index (κ1) is 11.2. The van der Waals surface area contributed by atoms with E-state index in [0.29, 0.717) is 0 Å². The van der Waals surface area contributed by atoms with E-state index in [2.05, 4.69) is 36.2 Å². The van der Waals surface area contributed by atoms with E-state index < -0.39 is 0 Å². The Kier molecular flexibility index (Phi) is 4.11. The third-order valence-electron chi connectivity index (χ3n) is 2.53. The van der Waals surface area contributed by atoms with Crippen molar-refractivity contribution >= 4 is 0 Å². The second-order valence-corrected chi connectivity index (χ2v) is 3.46. The van der Waals surface area contributed by atoms with Gasteiger partial charge >= 0.3 is 0 Å². The largest absolute Gasteiger partial charge is 0.315 e. The van der Waals surface area contributed by atoms with Crippen molar-refractivity contribution in [3.8, 4) is 0 Å². The highest BCUT2D eigenvalue weighted by Crippen LogP contribution is 2.18. The number of rotatable bonds is 0. The SMILES string of the molecule is CC.CN1Cc2ccccc2CC1N. The Labute approximate surface area is 86.7 Å². The predicted octanol–water partition coefficient (Wildman–Crippen LogP) is 1.99. The van der Waals surface area contributed by atoms with Gasteiger partial charge in [0.1, 0.15) is 0 Å². The molecule has 0 aromatic heterocycles. The number of hydrogen-bond acceptors (Lipinski definition) is 2. The average Bonchev–Trinajstić information content (AvgIpc) is 2.23. The van der Waals surface area contributed by atoms with Gasteiger partial charge in [-0.1, -0.05) is 38.1 Å². The average molecular weight is 192 g/mol. The third kappa shape index (κ3) is 2.34. The monoisotopic (exact) mass is 192 g/mol. The van der Waals surface area contributed by atoms with Crippen molar-refractivity contribution in [2.45, 2.75) is 33.0 Å². The molecule has 1 aromatic carbocycles. The fraction of sp³-hybridized carbons (Fsp3) is 0.500. The lowest BCUT2D eigenvalue weighted by atomic mass is 9.98. The van der Waals surface area contributed by atoms with Crippen molar-refractivity contribution in [3.63, 3.8) is 0 Å². The topological polar surface area (TPSA) is 29.3 Å². The molecular formula is C12H20N2. The normalized spacial score (nSPS) is 20.7. The second kappa shape index (κ2) is 5.13. The van der Waals surface area contributed by atoms with Gasteiger partial charge in [-0.2, -0.15) is 0 Å². The Morgan fingerprint density at radius 2 is 1.79 bits per heavy atom. The smallest absolute Gasteiger partial charge is 0.0613 e. The number of nitrogens with two attached hydrogens (primary N) is 1. The molecule has 1 unspecified atom stereocenters. The number of likely N-dealkylation sites (N-methyl/N-ethyl adjacent to an activating group) is 1. The molecule has 0 aliphatic carbocycles. The Morgan fingerprint density at radius 3 is 2.43 bits per heavy atom. The predicted molar refractivity (Wildman–Crippen MR) is 60.9 cm³/mol. The van der Waals surface area contributed by atoms with E-state index in [1.165, 1.54) is 11.1 Å². The minimum atomic E-state index is 0.194. The molecule has 2 N–H and O–H groups in total. The lowest BCUT2D eigenvalue weighted by molar-refractivity contribution is 0.220. The van der Waals surface area contributed by atoms with Crippen LogP contribution in [0.2, 0.25) is 0 Å². The van der Waals surface area contributed by atoms with Gasteiger partial charge in [0, 0.05) is 13.0 Å². The van der Waals surface area contributed by atoms with Gasteiger partial charge in [-0.25, -0.2) is 0 Å². The molecule has 0 saturated heterocycles. The van der Waals surface area contributed by atoms with Gasteiger partial charge in [0.25, 0.3) is 0 Å². The second-order valence-electron chi connectivity index (χ2n) is 3.46. The summed E-state index contributed by atoms with van der Waals surface area (Å²) in [5, 5.41) is 0. The molecule has 1 atom stereocenters. The molecule has 2 rings (SSSR count). The molecule has 1 aliphatic rings. The van der Waals surface area contributed by atoms with Crippen molar-refractivity contribution in [1.29, 1.82) is 0 Å². The molecule has 0 bridgehead atoms. The van der Waals surface area contributed by atoms with Gasteiger partial charge in [0.2, 0.25) is 0 Å². The van der Waals surface area contributed by atoms with Crippen LogP contribution in [-0.4, -0.2) is 18.1 Å². The first-order valence-corrected chi connectivity index (χ1v) is 5.30. The van der Waals surface area contributed by atoms with Crippen molar-refractivity contribution in [2.75, 3.05) is 7.05 Å². The van der Waals surface area contributed by atoms with E-state index in [1.54, 1.807) is 0 Å². The fourth-order valence-electron chi connectivity index (χ4n) is 1.68. The van der Waals surface area contributed by atoms with E-state index in [9.17, 15) is 0 Å². The van der Waals surface area contributed by atoms with Gasteiger partial charge in [0.15, 0.2) is 0 Å². The lowest BCUT2D eigenvalue weighted by Crippen LogP contribution is -2.43. The van der Waals surface area contributed by atoms with Gasteiger partial charge in [-0.3, -0.25) is 4.90 Å². The van der Waals surface area contributed by atoms with E-state index in [4.69, 9.17) is 5.73 Å². The maximum atomic E-state index is 5.92. The van der Waals surface area contributed by atoms with Crippen molar-refractivity contribution in [2.24, 2.45) is 5.73 Å². The van der Waals surface area contributed by atoms with E-state index in [-0.39, 0.29) is 6.17 Å². The summed E-state index contributed by atoms with van der Waals surface area (Å²) in [5.74, 6) is 0. The summed E-state index contributed by atoms with van der Waals surface area (Å²) in [7, 11) is 2.07. The van der Waals surface area contributed by atoms with Gasteiger partial charge in [-0.05, 0) is 18.2 Å².